The van der Waals surface area contributed by atoms with Gasteiger partial charge in [-0.05, 0) is 48.0 Å². The van der Waals surface area contributed by atoms with Crippen LogP contribution in [0.15, 0.2) is 77.8 Å². The molecule has 0 unspecified atom stereocenters. The van der Waals surface area contributed by atoms with Crippen molar-refractivity contribution in [3.05, 3.63) is 84.1 Å². The molecule has 1 amide bonds. The van der Waals surface area contributed by atoms with Crippen LogP contribution in [0.25, 0.3) is 10.9 Å². The van der Waals surface area contributed by atoms with Gasteiger partial charge in [-0.1, -0.05) is 18.2 Å². The van der Waals surface area contributed by atoms with E-state index in [0.717, 1.165) is 16.5 Å². The van der Waals surface area contributed by atoms with Crippen LogP contribution in [0.2, 0.25) is 0 Å². The lowest BCUT2D eigenvalue weighted by atomic mass is 10.0. The third kappa shape index (κ3) is 5.28. The van der Waals surface area contributed by atoms with Gasteiger partial charge in [0.25, 0.3) is 15.9 Å². The summed E-state index contributed by atoms with van der Waals surface area (Å²) >= 11 is 0. The molecule has 196 valence electrons. The Morgan fingerprint density at radius 1 is 1.00 bits per heavy atom. The number of ether oxygens (including phenoxy) is 3. The first kappa shape index (κ1) is 25.2. The molecule has 0 spiro atoms. The first-order chi connectivity index (χ1) is 18.3. The van der Waals surface area contributed by atoms with E-state index in [1.54, 1.807) is 12.3 Å². The van der Waals surface area contributed by atoms with E-state index in [1.165, 1.54) is 43.5 Å². The Hall–Kier alpha value is -4.51. The molecule has 3 aromatic carbocycles. The van der Waals surface area contributed by atoms with Gasteiger partial charge in [-0.3, -0.25) is 9.52 Å². The Morgan fingerprint density at radius 2 is 1.74 bits per heavy atom. The molecule has 0 fully saturated rings. The fraction of sp³-hybridized carbons (Fsp3) is 0.185. The number of carbonyl (C=O) groups is 2. The van der Waals surface area contributed by atoms with Crippen LogP contribution >= 0.6 is 0 Å². The van der Waals surface area contributed by atoms with Gasteiger partial charge >= 0.3 is 5.97 Å². The third-order valence-corrected chi connectivity index (χ3v) is 7.49. The third-order valence-electron chi connectivity index (χ3n) is 6.11. The van der Waals surface area contributed by atoms with E-state index in [1.807, 2.05) is 24.3 Å². The van der Waals surface area contributed by atoms with Crippen LogP contribution in [0, 0.1) is 0 Å². The van der Waals surface area contributed by atoms with E-state index in [9.17, 15) is 18.0 Å². The number of hydrogen-bond donors (Lipinski definition) is 3. The van der Waals surface area contributed by atoms with Crippen LogP contribution in [0.1, 0.15) is 15.9 Å². The van der Waals surface area contributed by atoms with Crippen molar-refractivity contribution in [2.45, 2.75) is 17.4 Å². The summed E-state index contributed by atoms with van der Waals surface area (Å²) in [4.78, 5) is 28.5. The minimum atomic E-state index is -3.91. The lowest BCUT2D eigenvalue weighted by molar-refractivity contribution is -0.142. The van der Waals surface area contributed by atoms with Gasteiger partial charge in [0, 0.05) is 40.8 Å². The molecule has 10 nitrogen and oxygen atoms in total. The molecule has 1 aliphatic heterocycles. The summed E-state index contributed by atoms with van der Waals surface area (Å²) in [7, 11) is -2.65. The average molecular weight is 536 g/mol. The number of benzene rings is 3. The van der Waals surface area contributed by atoms with Crippen molar-refractivity contribution in [2.24, 2.45) is 0 Å². The first-order valence-electron chi connectivity index (χ1n) is 11.8. The molecule has 1 aromatic heterocycles. The number of sulfonamides is 1. The molecule has 4 aromatic rings. The number of rotatable bonds is 8. The van der Waals surface area contributed by atoms with E-state index in [4.69, 9.17) is 14.2 Å². The van der Waals surface area contributed by atoms with Crippen molar-refractivity contribution in [3.8, 4) is 11.5 Å². The Morgan fingerprint density at radius 3 is 2.50 bits per heavy atom. The van der Waals surface area contributed by atoms with Crippen molar-refractivity contribution in [3.63, 3.8) is 0 Å². The number of methoxy groups -OCH3 is 1. The molecule has 0 aliphatic carbocycles. The quantitative estimate of drug-likeness (QED) is 0.295. The second-order valence-corrected chi connectivity index (χ2v) is 10.3. The average Bonchev–Trinajstić information content (AvgIpc) is 3.34. The summed E-state index contributed by atoms with van der Waals surface area (Å²) in [5, 5.41) is 3.67. The minimum Gasteiger partial charge on any atom is -0.486 e. The Bertz CT molecular complexity index is 1600. The van der Waals surface area contributed by atoms with Gasteiger partial charge in [-0.25, -0.2) is 13.2 Å². The number of H-pyrrole nitrogens is 1. The monoisotopic (exact) mass is 535 g/mol. The van der Waals surface area contributed by atoms with Crippen LogP contribution in [0.4, 0.5) is 5.69 Å². The SMILES string of the molecule is COC(=O)[C@H](Cc1c[nH]c2ccccc12)NC(=O)c1ccc(NS(=O)(=O)c2ccc3c(c2)OCCO3)cc1. The summed E-state index contributed by atoms with van der Waals surface area (Å²) in [6.07, 6.45) is 2.03. The first-order valence-corrected chi connectivity index (χ1v) is 13.3. The van der Waals surface area contributed by atoms with E-state index in [0.29, 0.717) is 24.7 Å². The van der Waals surface area contributed by atoms with E-state index in [2.05, 4.69) is 15.0 Å². The number of carbonyl (C=O) groups excluding carboxylic acids is 2. The summed E-state index contributed by atoms with van der Waals surface area (Å²) < 4.78 is 44.0. The number of aromatic nitrogens is 1. The van der Waals surface area contributed by atoms with E-state index >= 15 is 0 Å². The number of anilines is 1. The molecule has 0 bridgehead atoms. The van der Waals surface area contributed by atoms with E-state index in [-0.39, 0.29) is 22.6 Å². The van der Waals surface area contributed by atoms with Crippen LogP contribution < -0.4 is 19.5 Å². The molecule has 0 radical (unpaired) electrons. The zero-order valence-corrected chi connectivity index (χ0v) is 21.2. The molecule has 2 heterocycles. The maximum Gasteiger partial charge on any atom is 0.328 e. The fourth-order valence-electron chi connectivity index (χ4n) is 4.19. The van der Waals surface area contributed by atoms with Gasteiger partial charge in [0.2, 0.25) is 0 Å². The van der Waals surface area contributed by atoms with Crippen LogP contribution in [0.3, 0.4) is 0 Å². The van der Waals surface area contributed by atoms with Crippen molar-refractivity contribution in [2.75, 3.05) is 25.0 Å². The molecular formula is C27H25N3O7S. The number of fused-ring (bicyclic) bond motifs is 2. The zero-order valence-electron chi connectivity index (χ0n) is 20.4. The molecule has 0 saturated heterocycles. The molecule has 1 aliphatic rings. The molecule has 1 atom stereocenters. The molecular weight excluding hydrogens is 510 g/mol. The fourth-order valence-corrected chi connectivity index (χ4v) is 5.27. The molecule has 38 heavy (non-hydrogen) atoms. The number of hydrogen-bond acceptors (Lipinski definition) is 7. The van der Waals surface area contributed by atoms with Gasteiger partial charge in [0.1, 0.15) is 19.3 Å². The van der Waals surface area contributed by atoms with Gasteiger partial charge in [0.15, 0.2) is 11.5 Å². The maximum absolute atomic E-state index is 12.9. The topological polar surface area (TPSA) is 136 Å². The lowest BCUT2D eigenvalue weighted by Crippen LogP contribution is -2.43. The van der Waals surface area contributed by atoms with Crippen molar-refractivity contribution in [1.29, 1.82) is 0 Å². The summed E-state index contributed by atoms with van der Waals surface area (Å²) in [5.74, 6) is -0.228. The van der Waals surface area contributed by atoms with Gasteiger partial charge in [-0.2, -0.15) is 0 Å². The van der Waals surface area contributed by atoms with E-state index < -0.39 is 27.9 Å². The predicted molar refractivity (Wildman–Crippen MR) is 140 cm³/mol. The van der Waals surface area contributed by atoms with Crippen molar-refractivity contribution < 1.29 is 32.2 Å². The second kappa shape index (κ2) is 10.5. The highest BCUT2D eigenvalue weighted by atomic mass is 32.2. The second-order valence-electron chi connectivity index (χ2n) is 8.60. The highest BCUT2D eigenvalue weighted by Gasteiger charge is 2.24. The summed E-state index contributed by atoms with van der Waals surface area (Å²) in [6, 6.07) is 17.0. The zero-order chi connectivity index (χ0) is 26.7. The molecule has 3 N–H and O–H groups in total. The number of amides is 1. The van der Waals surface area contributed by atoms with Crippen molar-refractivity contribution >= 4 is 38.5 Å². The minimum absolute atomic E-state index is 0.0155. The number of esters is 1. The lowest BCUT2D eigenvalue weighted by Gasteiger charge is -2.19. The van der Waals surface area contributed by atoms with Crippen molar-refractivity contribution in [1.82, 2.24) is 10.3 Å². The summed E-state index contributed by atoms with van der Waals surface area (Å²) in [6.45, 7) is 0.743. The Labute approximate surface area is 219 Å². The van der Waals surface area contributed by atoms with Gasteiger partial charge < -0.3 is 24.5 Å². The Kier molecular flexibility index (Phi) is 6.93. The largest absolute Gasteiger partial charge is 0.486 e. The predicted octanol–water partition coefficient (Wildman–Crippen LogP) is 3.25. The molecule has 0 saturated carbocycles. The Balaban J connectivity index is 1.28. The normalized spacial score (nSPS) is 13.5. The summed E-state index contributed by atoms with van der Waals surface area (Å²) in [5.41, 5.74) is 2.30. The molecule has 11 heteroatoms. The number of para-hydroxylation sites is 1. The van der Waals surface area contributed by atoms with Gasteiger partial charge in [-0.15, -0.1) is 0 Å². The highest BCUT2D eigenvalue weighted by Crippen LogP contribution is 2.32. The number of aromatic amines is 1. The van der Waals surface area contributed by atoms with Crippen LogP contribution in [-0.2, 0) is 26.0 Å². The highest BCUT2D eigenvalue weighted by molar-refractivity contribution is 7.92. The van der Waals surface area contributed by atoms with Crippen LogP contribution in [0.5, 0.6) is 11.5 Å². The number of nitrogens with one attached hydrogen (secondary N) is 3. The smallest absolute Gasteiger partial charge is 0.328 e. The molecule has 5 rings (SSSR count). The van der Waals surface area contributed by atoms with Crippen LogP contribution in [-0.4, -0.2) is 51.6 Å². The standard InChI is InChI=1S/C27H25N3O7S/c1-35-27(32)23(14-18-16-28-22-5-3-2-4-21(18)22)29-26(31)17-6-8-19(9-7-17)30-38(33,34)20-10-11-24-25(15-20)37-13-12-36-24/h2-11,15-16,23,28,30H,12-14H2,1H3,(H,29,31)/t23-/m0/s1. The van der Waals surface area contributed by atoms with Gasteiger partial charge in [0.05, 0.1) is 12.0 Å². The maximum atomic E-state index is 12.9.